The number of nitrogens with one attached hydrogen (secondary N) is 1. The van der Waals surface area contributed by atoms with Crippen molar-refractivity contribution in [3.05, 3.63) is 53.3 Å². The van der Waals surface area contributed by atoms with Crippen molar-refractivity contribution in [2.24, 2.45) is 0 Å². The van der Waals surface area contributed by atoms with Crippen molar-refractivity contribution in [3.8, 4) is 11.5 Å². The predicted octanol–water partition coefficient (Wildman–Crippen LogP) is 4.09. The molecule has 0 unspecified atom stereocenters. The molecule has 0 fully saturated rings. The number of hydrogen-bond acceptors (Lipinski definition) is 5. The van der Waals surface area contributed by atoms with Gasteiger partial charge in [-0.05, 0) is 51.1 Å². The third-order valence-corrected chi connectivity index (χ3v) is 3.73. The maximum absolute atomic E-state index is 13.7. The summed E-state index contributed by atoms with van der Waals surface area (Å²) in [6, 6.07) is 5.92. The molecule has 0 bridgehead atoms. The van der Waals surface area contributed by atoms with Crippen molar-refractivity contribution in [2.75, 3.05) is 18.5 Å². The molecule has 156 valence electrons. The van der Waals surface area contributed by atoms with Gasteiger partial charge in [0.2, 0.25) is 0 Å². The van der Waals surface area contributed by atoms with Crippen molar-refractivity contribution >= 4 is 17.6 Å². The number of hydrogen-bond donors (Lipinski definition) is 1. The van der Waals surface area contributed by atoms with Gasteiger partial charge in [0.15, 0.2) is 35.1 Å². The molecule has 2 aromatic rings. The molecule has 2 rings (SSSR count). The quantitative estimate of drug-likeness (QED) is 0.523. The lowest BCUT2D eigenvalue weighted by atomic mass is 10.2. The van der Waals surface area contributed by atoms with Crippen molar-refractivity contribution in [1.29, 1.82) is 0 Å². The lowest BCUT2D eigenvalue weighted by Crippen LogP contribution is -2.30. The molecule has 0 heterocycles. The Balaban J connectivity index is 2.09. The van der Waals surface area contributed by atoms with Gasteiger partial charge in [0.1, 0.15) is 0 Å². The zero-order valence-corrected chi connectivity index (χ0v) is 16.1. The van der Waals surface area contributed by atoms with Crippen LogP contribution in [0.5, 0.6) is 11.5 Å². The summed E-state index contributed by atoms with van der Waals surface area (Å²) in [7, 11) is 0. The van der Waals surface area contributed by atoms with E-state index in [1.165, 1.54) is 25.1 Å². The van der Waals surface area contributed by atoms with E-state index in [2.05, 4.69) is 0 Å². The molecule has 0 saturated carbocycles. The highest BCUT2D eigenvalue weighted by Gasteiger charge is 2.22. The van der Waals surface area contributed by atoms with E-state index in [-0.39, 0.29) is 5.56 Å². The van der Waals surface area contributed by atoms with E-state index < -0.39 is 41.1 Å². The van der Waals surface area contributed by atoms with Gasteiger partial charge in [-0.1, -0.05) is 0 Å². The smallest absolute Gasteiger partial charge is 0.339 e. The highest BCUT2D eigenvalue weighted by Crippen LogP contribution is 2.29. The first kappa shape index (κ1) is 22.1. The molecule has 2 aromatic carbocycles. The molecular weight excluding hydrogens is 391 g/mol. The van der Waals surface area contributed by atoms with Crippen molar-refractivity contribution in [2.45, 2.75) is 26.9 Å². The fourth-order valence-electron chi connectivity index (χ4n) is 2.32. The summed E-state index contributed by atoms with van der Waals surface area (Å²) in [5, 5.41) is 2.05. The van der Waals surface area contributed by atoms with E-state index >= 15 is 0 Å². The summed E-state index contributed by atoms with van der Waals surface area (Å²) in [5.41, 5.74) is -0.466. The van der Waals surface area contributed by atoms with Crippen LogP contribution in [0.25, 0.3) is 0 Å². The predicted molar refractivity (Wildman–Crippen MR) is 98.6 cm³/mol. The Hall–Kier alpha value is -3.23. The first-order chi connectivity index (χ1) is 13.8. The third kappa shape index (κ3) is 5.40. The van der Waals surface area contributed by atoms with Crippen LogP contribution in [-0.2, 0) is 9.53 Å². The third-order valence-electron chi connectivity index (χ3n) is 3.73. The van der Waals surface area contributed by atoms with Crippen molar-refractivity contribution < 1.29 is 37.0 Å². The van der Waals surface area contributed by atoms with Crippen LogP contribution in [-0.4, -0.2) is 31.2 Å². The van der Waals surface area contributed by atoms with Crippen LogP contribution >= 0.6 is 0 Å². The maximum Gasteiger partial charge on any atom is 0.339 e. The molecule has 29 heavy (non-hydrogen) atoms. The van der Waals surface area contributed by atoms with Crippen molar-refractivity contribution in [3.63, 3.8) is 0 Å². The van der Waals surface area contributed by atoms with Gasteiger partial charge >= 0.3 is 5.97 Å². The number of carbonyl (C=O) groups is 2. The van der Waals surface area contributed by atoms with Gasteiger partial charge in [-0.3, -0.25) is 4.79 Å². The molecule has 0 aliphatic rings. The van der Waals surface area contributed by atoms with Crippen LogP contribution in [0.2, 0.25) is 0 Å². The lowest BCUT2D eigenvalue weighted by Gasteiger charge is -2.15. The Bertz CT molecular complexity index is 904. The molecule has 1 atom stereocenters. The Labute approximate surface area is 165 Å². The van der Waals surface area contributed by atoms with Gasteiger partial charge in [0, 0.05) is 0 Å². The Morgan fingerprint density at radius 1 is 0.966 bits per heavy atom. The highest BCUT2D eigenvalue weighted by atomic mass is 19.2. The van der Waals surface area contributed by atoms with Crippen LogP contribution < -0.4 is 14.8 Å². The zero-order valence-electron chi connectivity index (χ0n) is 16.1. The summed E-state index contributed by atoms with van der Waals surface area (Å²) in [6.07, 6.45) is -1.34. The number of halogens is 3. The summed E-state index contributed by atoms with van der Waals surface area (Å²) in [5.74, 6) is -5.62. The second-order valence-corrected chi connectivity index (χ2v) is 5.79. The molecule has 1 N–H and O–H groups in total. The van der Waals surface area contributed by atoms with E-state index in [1.54, 1.807) is 13.8 Å². The number of amides is 1. The number of carbonyl (C=O) groups excluding carboxylic acids is 2. The lowest BCUT2D eigenvalue weighted by molar-refractivity contribution is -0.123. The summed E-state index contributed by atoms with van der Waals surface area (Å²) in [6.45, 7) is 5.57. The van der Waals surface area contributed by atoms with Gasteiger partial charge in [-0.15, -0.1) is 0 Å². The van der Waals surface area contributed by atoms with E-state index in [0.29, 0.717) is 30.8 Å². The average Bonchev–Trinajstić information content (AvgIpc) is 2.69. The van der Waals surface area contributed by atoms with E-state index in [9.17, 15) is 22.8 Å². The molecule has 0 aliphatic carbocycles. The van der Waals surface area contributed by atoms with Crippen LogP contribution in [0.4, 0.5) is 18.9 Å². The second-order valence-electron chi connectivity index (χ2n) is 5.79. The van der Waals surface area contributed by atoms with Gasteiger partial charge in [-0.25, -0.2) is 18.0 Å². The Morgan fingerprint density at radius 3 is 2.28 bits per heavy atom. The molecule has 9 heteroatoms. The molecule has 0 aromatic heterocycles. The fraction of sp³-hybridized carbons (Fsp3) is 0.300. The van der Waals surface area contributed by atoms with Gasteiger partial charge in [0.05, 0.1) is 24.5 Å². The van der Waals surface area contributed by atoms with Crippen molar-refractivity contribution in [1.82, 2.24) is 0 Å². The minimum absolute atomic E-state index is 0.107. The highest BCUT2D eigenvalue weighted by molar-refractivity contribution is 5.97. The number of ether oxygens (including phenoxy) is 3. The van der Waals surface area contributed by atoms with Crippen LogP contribution in [0.1, 0.15) is 31.1 Å². The molecule has 6 nitrogen and oxygen atoms in total. The summed E-state index contributed by atoms with van der Waals surface area (Å²) >= 11 is 0. The zero-order chi connectivity index (χ0) is 21.6. The minimum Gasteiger partial charge on any atom is -0.490 e. The first-order valence-electron chi connectivity index (χ1n) is 8.83. The number of anilines is 1. The van der Waals surface area contributed by atoms with Crippen LogP contribution in [0, 0.1) is 17.5 Å². The maximum atomic E-state index is 13.7. The molecule has 0 spiro atoms. The van der Waals surface area contributed by atoms with E-state index in [4.69, 9.17) is 14.2 Å². The molecule has 0 saturated heterocycles. The van der Waals surface area contributed by atoms with Crippen LogP contribution in [0.15, 0.2) is 30.3 Å². The average molecular weight is 411 g/mol. The minimum atomic E-state index is -1.72. The molecule has 1 amide bonds. The van der Waals surface area contributed by atoms with Crippen LogP contribution in [0.3, 0.4) is 0 Å². The Kier molecular flexibility index (Phi) is 7.46. The van der Waals surface area contributed by atoms with Gasteiger partial charge < -0.3 is 19.5 Å². The fourth-order valence-corrected chi connectivity index (χ4v) is 2.32. The molecule has 0 radical (unpaired) electrons. The normalized spacial score (nSPS) is 11.5. The number of benzene rings is 2. The van der Waals surface area contributed by atoms with Gasteiger partial charge in [-0.2, -0.15) is 0 Å². The second kappa shape index (κ2) is 9.81. The van der Waals surface area contributed by atoms with E-state index in [1.807, 2.05) is 5.32 Å². The monoisotopic (exact) mass is 411 g/mol. The Morgan fingerprint density at radius 2 is 1.62 bits per heavy atom. The summed E-state index contributed by atoms with van der Waals surface area (Å²) in [4.78, 5) is 24.4. The largest absolute Gasteiger partial charge is 0.490 e. The van der Waals surface area contributed by atoms with Gasteiger partial charge in [0.25, 0.3) is 5.91 Å². The first-order valence-corrected chi connectivity index (χ1v) is 8.83. The SMILES string of the molecule is CCOc1ccc(C(=O)O[C@@H](C)C(=O)Nc2ccc(F)c(F)c2F)cc1OCC. The standard InChI is InChI=1S/C20H20F3NO5/c1-4-27-15-9-6-12(10-16(15)28-5-2)20(26)29-11(3)19(25)24-14-8-7-13(21)17(22)18(14)23/h6-11H,4-5H2,1-3H3,(H,24,25)/t11-/m0/s1. The summed E-state index contributed by atoms with van der Waals surface area (Å²) < 4.78 is 55.8. The molecule has 0 aliphatic heterocycles. The molecular formula is C20H20F3NO5. The number of esters is 1. The number of rotatable bonds is 8. The topological polar surface area (TPSA) is 73.9 Å². The van der Waals surface area contributed by atoms with E-state index in [0.717, 1.165) is 6.07 Å².